The molecule has 144 valence electrons. The second-order valence-corrected chi connectivity index (χ2v) is 6.96. The molecule has 8 nitrogen and oxygen atoms in total. The number of nitrogens with zero attached hydrogens (tertiary/aromatic N) is 2. The van der Waals surface area contributed by atoms with Crippen molar-refractivity contribution < 1.29 is 19.3 Å². The molecule has 0 aliphatic carbocycles. The number of carbonyl (C=O) groups is 3. The molecule has 28 heavy (non-hydrogen) atoms. The van der Waals surface area contributed by atoms with Crippen LogP contribution in [0.2, 0.25) is 0 Å². The smallest absolute Gasteiger partial charge is 0.269 e. The highest BCUT2D eigenvalue weighted by Crippen LogP contribution is 2.27. The number of rotatable bonds is 6. The molecule has 0 saturated carbocycles. The third kappa shape index (κ3) is 3.62. The molecule has 2 aromatic rings. The Morgan fingerprint density at radius 1 is 1.04 bits per heavy atom. The third-order valence-corrected chi connectivity index (χ3v) is 4.48. The van der Waals surface area contributed by atoms with Crippen molar-refractivity contribution in [3.05, 3.63) is 69.8 Å². The van der Waals surface area contributed by atoms with Crippen molar-refractivity contribution in [3.63, 3.8) is 0 Å². The van der Waals surface area contributed by atoms with Crippen molar-refractivity contribution in [2.75, 3.05) is 5.32 Å². The highest BCUT2D eigenvalue weighted by atomic mass is 16.6. The van der Waals surface area contributed by atoms with Crippen molar-refractivity contribution in [1.82, 2.24) is 4.90 Å². The lowest BCUT2D eigenvalue weighted by molar-refractivity contribution is -0.384. The van der Waals surface area contributed by atoms with Crippen molar-refractivity contribution in [1.29, 1.82) is 0 Å². The Morgan fingerprint density at radius 2 is 1.57 bits per heavy atom. The molecule has 0 fully saturated rings. The second-order valence-electron chi connectivity index (χ2n) is 6.96. The lowest BCUT2D eigenvalue weighted by Crippen LogP contribution is -2.47. The van der Waals surface area contributed by atoms with E-state index in [0.29, 0.717) is 12.1 Å². The molecule has 1 N–H and O–H groups in total. The molecule has 1 heterocycles. The monoisotopic (exact) mass is 381 g/mol. The molecule has 0 radical (unpaired) electrons. The lowest BCUT2D eigenvalue weighted by Gasteiger charge is -2.26. The molecule has 1 aliphatic heterocycles. The van der Waals surface area contributed by atoms with Crippen LogP contribution in [0.3, 0.4) is 0 Å². The fraction of sp³-hybridized carbons (Fsp3) is 0.250. The molecule has 8 heteroatoms. The van der Waals surface area contributed by atoms with E-state index in [2.05, 4.69) is 5.32 Å². The molecule has 1 atom stereocenters. The SMILES string of the molecule is CC(C)C[C@@H](C(=O)Nc1ccc([N+](=O)[O-])cc1)N1C(=O)c2ccccc2C1=O. The van der Waals surface area contributed by atoms with E-state index in [0.717, 1.165) is 4.90 Å². The van der Waals surface area contributed by atoms with Gasteiger partial charge in [0, 0.05) is 17.8 Å². The standard InChI is InChI=1S/C20H19N3O5/c1-12(2)11-17(18(24)21-13-7-9-14(10-8-13)23(27)28)22-19(25)15-5-3-4-6-16(15)20(22)26/h3-10,12,17H,11H2,1-2H3,(H,21,24)/t17-/m0/s1. The normalized spacial score (nSPS) is 14.2. The second kappa shape index (κ2) is 7.59. The van der Waals surface area contributed by atoms with Gasteiger partial charge in [-0.1, -0.05) is 26.0 Å². The van der Waals surface area contributed by atoms with Crippen molar-refractivity contribution in [2.24, 2.45) is 5.92 Å². The first kappa shape index (κ1) is 19.2. The zero-order chi connectivity index (χ0) is 20.4. The van der Waals surface area contributed by atoms with Gasteiger partial charge in [0.05, 0.1) is 16.1 Å². The Labute approximate surface area is 161 Å². The van der Waals surface area contributed by atoms with Crippen molar-refractivity contribution >= 4 is 29.1 Å². The highest BCUT2D eigenvalue weighted by molar-refractivity contribution is 6.23. The topological polar surface area (TPSA) is 110 Å². The molecule has 0 bridgehead atoms. The number of anilines is 1. The number of fused-ring (bicyclic) bond motifs is 1. The quantitative estimate of drug-likeness (QED) is 0.469. The largest absolute Gasteiger partial charge is 0.324 e. The van der Waals surface area contributed by atoms with Crippen LogP contribution in [-0.4, -0.2) is 33.6 Å². The van der Waals surface area contributed by atoms with Gasteiger partial charge in [0.1, 0.15) is 6.04 Å². The average Bonchev–Trinajstić information content (AvgIpc) is 2.91. The fourth-order valence-electron chi connectivity index (χ4n) is 3.16. The summed E-state index contributed by atoms with van der Waals surface area (Å²) in [6.07, 6.45) is 0.296. The number of amides is 3. The molecule has 3 rings (SSSR count). The van der Waals surface area contributed by atoms with Gasteiger partial charge in [0.15, 0.2) is 0 Å². The molecule has 0 spiro atoms. The van der Waals surface area contributed by atoms with Gasteiger partial charge >= 0.3 is 0 Å². The maximum Gasteiger partial charge on any atom is 0.269 e. The predicted molar refractivity (Wildman–Crippen MR) is 102 cm³/mol. The molecular weight excluding hydrogens is 362 g/mol. The number of hydrogen-bond acceptors (Lipinski definition) is 5. The van der Waals surface area contributed by atoms with E-state index in [1.54, 1.807) is 24.3 Å². The van der Waals surface area contributed by atoms with Crippen molar-refractivity contribution in [3.8, 4) is 0 Å². The summed E-state index contributed by atoms with van der Waals surface area (Å²) in [6, 6.07) is 10.8. The Bertz CT molecular complexity index is 918. The fourth-order valence-corrected chi connectivity index (χ4v) is 3.16. The van der Waals surface area contributed by atoms with Gasteiger partial charge in [-0.05, 0) is 36.6 Å². The highest BCUT2D eigenvalue weighted by Gasteiger charge is 2.42. The number of nitrogens with one attached hydrogen (secondary N) is 1. The van der Waals surface area contributed by atoms with E-state index in [1.807, 2.05) is 13.8 Å². The number of imide groups is 1. The first-order valence-electron chi connectivity index (χ1n) is 8.82. The summed E-state index contributed by atoms with van der Waals surface area (Å²) in [5, 5.41) is 13.4. The number of benzene rings is 2. The Morgan fingerprint density at radius 3 is 2.04 bits per heavy atom. The summed E-state index contributed by atoms with van der Waals surface area (Å²) < 4.78 is 0. The van der Waals surface area contributed by atoms with E-state index in [9.17, 15) is 24.5 Å². The zero-order valence-electron chi connectivity index (χ0n) is 15.4. The molecule has 0 saturated heterocycles. The Balaban J connectivity index is 1.86. The maximum atomic E-state index is 12.9. The van der Waals surface area contributed by atoms with Gasteiger partial charge in [-0.2, -0.15) is 0 Å². The van der Waals surface area contributed by atoms with Crippen LogP contribution in [0.5, 0.6) is 0 Å². The van der Waals surface area contributed by atoms with Gasteiger partial charge in [-0.3, -0.25) is 29.4 Å². The van der Waals surface area contributed by atoms with Crippen LogP contribution in [0.15, 0.2) is 48.5 Å². The zero-order valence-corrected chi connectivity index (χ0v) is 15.4. The van der Waals surface area contributed by atoms with Gasteiger partial charge in [0.25, 0.3) is 17.5 Å². The predicted octanol–water partition coefficient (Wildman–Crippen LogP) is 3.24. The van der Waals surface area contributed by atoms with E-state index in [1.165, 1.54) is 24.3 Å². The van der Waals surface area contributed by atoms with Crippen molar-refractivity contribution in [2.45, 2.75) is 26.3 Å². The van der Waals surface area contributed by atoms with Crippen LogP contribution in [0.1, 0.15) is 41.0 Å². The van der Waals surface area contributed by atoms with Gasteiger partial charge in [0.2, 0.25) is 5.91 Å². The molecule has 2 aromatic carbocycles. The summed E-state index contributed by atoms with van der Waals surface area (Å²) >= 11 is 0. The lowest BCUT2D eigenvalue weighted by atomic mass is 10.0. The first-order chi connectivity index (χ1) is 13.3. The summed E-state index contributed by atoms with van der Waals surface area (Å²) in [6.45, 7) is 3.79. The van der Waals surface area contributed by atoms with E-state index < -0.39 is 28.7 Å². The number of non-ortho nitro benzene ring substituents is 1. The summed E-state index contributed by atoms with van der Waals surface area (Å²) in [5.41, 5.74) is 0.812. The van der Waals surface area contributed by atoms with Crippen LogP contribution >= 0.6 is 0 Å². The summed E-state index contributed by atoms with van der Waals surface area (Å²) in [4.78, 5) is 49.6. The molecule has 0 aromatic heterocycles. The molecule has 3 amide bonds. The Kier molecular flexibility index (Phi) is 5.21. The maximum absolute atomic E-state index is 12.9. The number of nitro groups is 1. The van der Waals surface area contributed by atoms with Crippen LogP contribution in [-0.2, 0) is 4.79 Å². The minimum absolute atomic E-state index is 0.0527. The van der Waals surface area contributed by atoms with E-state index >= 15 is 0 Å². The summed E-state index contributed by atoms with van der Waals surface area (Å²) in [7, 11) is 0. The molecule has 0 unspecified atom stereocenters. The minimum atomic E-state index is -0.984. The van der Waals surface area contributed by atoms with Gasteiger partial charge < -0.3 is 5.32 Å². The van der Waals surface area contributed by atoms with E-state index in [4.69, 9.17) is 0 Å². The van der Waals surface area contributed by atoms with Gasteiger partial charge in [-0.25, -0.2) is 0 Å². The molecular formula is C20H19N3O5. The Hall–Kier alpha value is -3.55. The van der Waals surface area contributed by atoms with Crippen LogP contribution in [0.25, 0.3) is 0 Å². The minimum Gasteiger partial charge on any atom is -0.324 e. The number of carbonyl (C=O) groups excluding carboxylic acids is 3. The average molecular weight is 381 g/mol. The first-order valence-corrected chi connectivity index (χ1v) is 8.82. The molecule has 1 aliphatic rings. The number of hydrogen-bond donors (Lipinski definition) is 1. The van der Waals surface area contributed by atoms with Crippen LogP contribution < -0.4 is 5.32 Å². The van der Waals surface area contributed by atoms with Crippen LogP contribution in [0.4, 0.5) is 11.4 Å². The number of nitro benzene ring substituents is 1. The van der Waals surface area contributed by atoms with E-state index in [-0.39, 0.29) is 22.7 Å². The third-order valence-electron chi connectivity index (χ3n) is 4.48. The van der Waals surface area contributed by atoms with Gasteiger partial charge in [-0.15, -0.1) is 0 Å². The van der Waals surface area contributed by atoms with Crippen LogP contribution in [0, 0.1) is 16.0 Å². The summed E-state index contributed by atoms with van der Waals surface area (Å²) in [5.74, 6) is -1.45.